The zero-order valence-corrected chi connectivity index (χ0v) is 9.84. The SMILES string of the molecule is CCc1cc2sc(SC)cc2cc1O. The first-order valence-corrected chi connectivity index (χ1v) is 6.58. The predicted molar refractivity (Wildman–Crippen MR) is 64.6 cm³/mol. The summed E-state index contributed by atoms with van der Waals surface area (Å²) >= 11 is 3.54. The van der Waals surface area contributed by atoms with Crippen molar-refractivity contribution in [3.8, 4) is 5.75 Å². The quantitative estimate of drug-likeness (QED) is 0.781. The van der Waals surface area contributed by atoms with Crippen LogP contribution in [0.15, 0.2) is 22.4 Å². The molecule has 0 radical (unpaired) electrons. The number of thioether (sulfide) groups is 1. The van der Waals surface area contributed by atoms with Gasteiger partial charge in [-0.15, -0.1) is 23.1 Å². The number of hydrogen-bond acceptors (Lipinski definition) is 3. The number of benzene rings is 1. The zero-order chi connectivity index (χ0) is 10.1. The molecule has 0 unspecified atom stereocenters. The summed E-state index contributed by atoms with van der Waals surface area (Å²) in [5.41, 5.74) is 1.03. The molecule has 1 heterocycles. The Morgan fingerprint density at radius 2 is 2.14 bits per heavy atom. The van der Waals surface area contributed by atoms with Crippen molar-refractivity contribution in [1.29, 1.82) is 0 Å². The molecule has 0 aliphatic heterocycles. The third kappa shape index (κ3) is 1.62. The van der Waals surface area contributed by atoms with Gasteiger partial charge in [0.1, 0.15) is 5.75 Å². The Bertz CT molecular complexity index is 460. The Balaban J connectivity index is 2.64. The first-order valence-electron chi connectivity index (χ1n) is 4.54. The van der Waals surface area contributed by atoms with Crippen molar-refractivity contribution >= 4 is 33.2 Å². The summed E-state index contributed by atoms with van der Waals surface area (Å²) in [6.07, 6.45) is 2.96. The standard InChI is InChI=1S/C11H12OS2/c1-3-7-5-10-8(4-9(7)12)6-11(13-2)14-10/h4-6,12H,3H2,1-2H3. The molecule has 74 valence electrons. The van der Waals surface area contributed by atoms with Crippen LogP contribution in [0.4, 0.5) is 0 Å². The molecule has 0 saturated carbocycles. The summed E-state index contributed by atoms with van der Waals surface area (Å²) in [5, 5.41) is 10.8. The van der Waals surface area contributed by atoms with Crippen molar-refractivity contribution in [1.82, 2.24) is 0 Å². The van der Waals surface area contributed by atoms with Gasteiger partial charge in [-0.2, -0.15) is 0 Å². The molecule has 0 saturated heterocycles. The highest BCUT2D eigenvalue weighted by atomic mass is 32.2. The molecule has 0 spiro atoms. The average molecular weight is 224 g/mol. The molecule has 2 rings (SSSR count). The van der Waals surface area contributed by atoms with Crippen molar-refractivity contribution in [2.45, 2.75) is 17.6 Å². The Hall–Kier alpha value is -0.670. The van der Waals surface area contributed by atoms with Crippen LogP contribution in [0.25, 0.3) is 10.1 Å². The second-order valence-corrected chi connectivity index (χ2v) is 5.33. The van der Waals surface area contributed by atoms with E-state index in [1.165, 1.54) is 8.91 Å². The minimum Gasteiger partial charge on any atom is -0.508 e. The van der Waals surface area contributed by atoms with Crippen molar-refractivity contribution in [2.75, 3.05) is 6.26 Å². The molecule has 0 aliphatic carbocycles. The van der Waals surface area contributed by atoms with Gasteiger partial charge < -0.3 is 5.11 Å². The molecule has 0 aliphatic rings. The molecule has 14 heavy (non-hydrogen) atoms. The highest BCUT2D eigenvalue weighted by Gasteiger charge is 2.05. The van der Waals surface area contributed by atoms with Gasteiger partial charge in [0, 0.05) is 4.70 Å². The summed E-state index contributed by atoms with van der Waals surface area (Å²) in [6, 6.07) is 6.09. The second-order valence-electron chi connectivity index (χ2n) is 3.14. The van der Waals surface area contributed by atoms with E-state index in [1.807, 2.05) is 6.07 Å². The van der Waals surface area contributed by atoms with Crippen LogP contribution in [-0.2, 0) is 6.42 Å². The molecule has 1 aromatic heterocycles. The lowest BCUT2D eigenvalue weighted by Crippen LogP contribution is -1.79. The van der Waals surface area contributed by atoms with E-state index in [9.17, 15) is 5.11 Å². The fraction of sp³-hybridized carbons (Fsp3) is 0.273. The van der Waals surface area contributed by atoms with E-state index in [4.69, 9.17) is 0 Å². The van der Waals surface area contributed by atoms with Gasteiger partial charge in [-0.1, -0.05) is 6.92 Å². The zero-order valence-electron chi connectivity index (χ0n) is 8.20. The van der Waals surface area contributed by atoms with Crippen molar-refractivity contribution in [2.24, 2.45) is 0 Å². The third-order valence-electron chi connectivity index (χ3n) is 2.28. The van der Waals surface area contributed by atoms with E-state index in [-0.39, 0.29) is 0 Å². The van der Waals surface area contributed by atoms with Crippen LogP contribution in [0.1, 0.15) is 12.5 Å². The number of phenols is 1. The maximum absolute atomic E-state index is 9.69. The minimum atomic E-state index is 0.422. The Morgan fingerprint density at radius 3 is 2.79 bits per heavy atom. The van der Waals surface area contributed by atoms with Gasteiger partial charge in [-0.25, -0.2) is 0 Å². The van der Waals surface area contributed by atoms with E-state index in [2.05, 4.69) is 25.3 Å². The van der Waals surface area contributed by atoms with Gasteiger partial charge in [0.2, 0.25) is 0 Å². The number of aryl methyl sites for hydroxylation is 1. The van der Waals surface area contributed by atoms with Gasteiger partial charge in [-0.3, -0.25) is 0 Å². The first kappa shape index (κ1) is 9.87. The van der Waals surface area contributed by atoms with Crippen LogP contribution >= 0.6 is 23.1 Å². The predicted octanol–water partition coefficient (Wildman–Crippen LogP) is 3.89. The van der Waals surface area contributed by atoms with Gasteiger partial charge >= 0.3 is 0 Å². The molecule has 1 aromatic carbocycles. The number of fused-ring (bicyclic) bond motifs is 1. The molecule has 1 nitrogen and oxygen atoms in total. The maximum atomic E-state index is 9.69. The van der Waals surface area contributed by atoms with Crippen LogP contribution in [-0.4, -0.2) is 11.4 Å². The molecule has 3 heteroatoms. The highest BCUT2D eigenvalue weighted by molar-refractivity contribution is 8.00. The van der Waals surface area contributed by atoms with E-state index in [0.717, 1.165) is 17.4 Å². The van der Waals surface area contributed by atoms with Gasteiger partial charge in [0.05, 0.1) is 4.21 Å². The Morgan fingerprint density at radius 1 is 1.36 bits per heavy atom. The van der Waals surface area contributed by atoms with Crippen LogP contribution in [0, 0.1) is 0 Å². The molecule has 0 atom stereocenters. The van der Waals surface area contributed by atoms with Crippen LogP contribution in [0.2, 0.25) is 0 Å². The molecule has 0 bridgehead atoms. The van der Waals surface area contributed by atoms with E-state index in [0.29, 0.717) is 5.75 Å². The number of thiophene rings is 1. The van der Waals surface area contributed by atoms with Crippen molar-refractivity contribution < 1.29 is 5.11 Å². The largest absolute Gasteiger partial charge is 0.508 e. The molecule has 2 aromatic rings. The van der Waals surface area contributed by atoms with Gasteiger partial charge in [0.25, 0.3) is 0 Å². The summed E-state index contributed by atoms with van der Waals surface area (Å²) in [5.74, 6) is 0.422. The van der Waals surface area contributed by atoms with E-state index < -0.39 is 0 Å². The number of phenolic OH excluding ortho intramolecular Hbond substituents is 1. The normalized spacial score (nSPS) is 11.0. The fourth-order valence-corrected chi connectivity index (χ4v) is 3.16. The van der Waals surface area contributed by atoms with Crippen LogP contribution in [0.5, 0.6) is 5.75 Å². The number of rotatable bonds is 2. The summed E-state index contributed by atoms with van der Waals surface area (Å²) in [4.78, 5) is 0. The molecular weight excluding hydrogens is 212 g/mol. The van der Waals surface area contributed by atoms with Crippen molar-refractivity contribution in [3.05, 3.63) is 23.8 Å². The van der Waals surface area contributed by atoms with Gasteiger partial charge in [0.15, 0.2) is 0 Å². The molecule has 1 N–H and O–H groups in total. The summed E-state index contributed by atoms with van der Waals surface area (Å²) < 4.78 is 2.57. The van der Waals surface area contributed by atoms with Crippen LogP contribution < -0.4 is 0 Å². The lowest BCUT2D eigenvalue weighted by atomic mass is 10.1. The summed E-state index contributed by atoms with van der Waals surface area (Å²) in [6.45, 7) is 2.06. The minimum absolute atomic E-state index is 0.422. The smallest absolute Gasteiger partial charge is 0.119 e. The third-order valence-corrected chi connectivity index (χ3v) is 4.44. The van der Waals surface area contributed by atoms with Gasteiger partial charge in [-0.05, 0) is 41.8 Å². The topological polar surface area (TPSA) is 20.2 Å². The first-order chi connectivity index (χ1) is 6.74. The molecular formula is C11H12OS2. The molecule has 0 fully saturated rings. The maximum Gasteiger partial charge on any atom is 0.119 e. The number of aromatic hydroxyl groups is 1. The fourth-order valence-electron chi connectivity index (χ4n) is 1.48. The lowest BCUT2D eigenvalue weighted by molar-refractivity contribution is 0.470. The Kier molecular flexibility index (Phi) is 2.70. The second kappa shape index (κ2) is 3.83. The molecule has 0 amide bonds. The average Bonchev–Trinajstić information content (AvgIpc) is 2.58. The monoisotopic (exact) mass is 224 g/mol. The Labute approximate surface area is 91.8 Å². The summed E-state index contributed by atoms with van der Waals surface area (Å²) in [7, 11) is 0. The highest BCUT2D eigenvalue weighted by Crippen LogP contribution is 2.35. The lowest BCUT2D eigenvalue weighted by Gasteiger charge is -2.00. The van der Waals surface area contributed by atoms with Crippen molar-refractivity contribution in [3.63, 3.8) is 0 Å². The number of hydrogen-bond donors (Lipinski definition) is 1. The van der Waals surface area contributed by atoms with Crippen LogP contribution in [0.3, 0.4) is 0 Å². The van der Waals surface area contributed by atoms with E-state index in [1.54, 1.807) is 23.1 Å². The van der Waals surface area contributed by atoms with E-state index >= 15 is 0 Å².